The van der Waals surface area contributed by atoms with Gasteiger partial charge in [-0.05, 0) is 44.4 Å². The Morgan fingerprint density at radius 1 is 1.13 bits per heavy atom. The number of methoxy groups -OCH3 is 1. The first kappa shape index (κ1) is 23.6. The molecule has 1 heterocycles. The van der Waals surface area contributed by atoms with E-state index in [1.165, 1.54) is 0 Å². The van der Waals surface area contributed by atoms with Gasteiger partial charge in [-0.25, -0.2) is 9.59 Å². The molecule has 0 spiro atoms. The number of carbonyl (C=O) groups is 2. The van der Waals surface area contributed by atoms with Gasteiger partial charge in [0.05, 0.1) is 31.4 Å². The highest BCUT2D eigenvalue weighted by Crippen LogP contribution is 2.35. The van der Waals surface area contributed by atoms with Gasteiger partial charge in [-0.3, -0.25) is 0 Å². The second kappa shape index (κ2) is 11.5. The summed E-state index contributed by atoms with van der Waals surface area (Å²) < 4.78 is 16.8. The number of allylic oxidation sites excluding steroid dienone is 1. The van der Waals surface area contributed by atoms with E-state index >= 15 is 0 Å². The number of urea groups is 1. The zero-order valence-corrected chi connectivity index (χ0v) is 18.7. The molecule has 2 amide bonds. The van der Waals surface area contributed by atoms with Crippen LogP contribution in [-0.2, 0) is 9.53 Å². The smallest absolute Gasteiger partial charge is 0.338 e. The Kier molecular flexibility index (Phi) is 9.02. The van der Waals surface area contributed by atoms with Crippen molar-refractivity contribution in [2.24, 2.45) is 0 Å². The number of esters is 1. The third-order valence-electron chi connectivity index (χ3n) is 4.74. The molecule has 1 aliphatic rings. The van der Waals surface area contributed by atoms with Gasteiger partial charge in [-0.2, -0.15) is 0 Å². The van der Waals surface area contributed by atoms with Crippen LogP contribution in [-0.4, -0.2) is 31.8 Å². The molecular formula is C23H34N2O5. The first-order chi connectivity index (χ1) is 14.4. The third kappa shape index (κ3) is 6.15. The van der Waals surface area contributed by atoms with Gasteiger partial charge in [-0.15, -0.1) is 0 Å². The molecule has 7 nitrogen and oxygen atoms in total. The molecular weight excluding hydrogens is 384 g/mol. The quantitative estimate of drug-likeness (QED) is 0.404. The Labute approximate surface area is 179 Å². The van der Waals surface area contributed by atoms with Crippen LogP contribution in [0.15, 0.2) is 29.5 Å². The molecule has 1 aromatic rings. The van der Waals surface area contributed by atoms with Gasteiger partial charge in [-0.1, -0.05) is 39.2 Å². The van der Waals surface area contributed by atoms with E-state index in [1.54, 1.807) is 27.0 Å². The van der Waals surface area contributed by atoms with Crippen molar-refractivity contribution in [3.63, 3.8) is 0 Å². The van der Waals surface area contributed by atoms with E-state index in [0.717, 1.165) is 31.2 Å². The first-order valence-corrected chi connectivity index (χ1v) is 10.7. The number of benzene rings is 1. The van der Waals surface area contributed by atoms with Crippen molar-refractivity contribution >= 4 is 12.0 Å². The molecule has 0 bridgehead atoms. The van der Waals surface area contributed by atoms with Gasteiger partial charge in [0.15, 0.2) is 11.5 Å². The van der Waals surface area contributed by atoms with Crippen molar-refractivity contribution in [1.82, 2.24) is 10.6 Å². The number of unbranched alkanes of at least 4 members (excludes halogenated alkanes) is 2. The van der Waals surface area contributed by atoms with E-state index < -0.39 is 12.0 Å². The molecule has 166 valence electrons. The maximum atomic E-state index is 12.9. The van der Waals surface area contributed by atoms with Crippen molar-refractivity contribution in [2.75, 3.05) is 13.7 Å². The SMILES string of the molecule is CCCCCOc1ccc(C2NC(=O)NC(CCC)=C2C(=O)OC(C)C)cc1OC. The van der Waals surface area contributed by atoms with Crippen LogP contribution in [0.4, 0.5) is 4.79 Å². The predicted octanol–water partition coefficient (Wildman–Crippen LogP) is 4.62. The maximum absolute atomic E-state index is 12.9. The molecule has 2 N–H and O–H groups in total. The minimum Gasteiger partial charge on any atom is -0.493 e. The summed E-state index contributed by atoms with van der Waals surface area (Å²) in [6.07, 6.45) is 4.29. The van der Waals surface area contributed by atoms with Gasteiger partial charge >= 0.3 is 12.0 Å². The Hall–Kier alpha value is -2.70. The van der Waals surface area contributed by atoms with E-state index in [1.807, 2.05) is 19.1 Å². The fraction of sp³-hybridized carbons (Fsp3) is 0.565. The summed E-state index contributed by atoms with van der Waals surface area (Å²) in [6, 6.07) is 4.50. The predicted molar refractivity (Wildman–Crippen MR) is 116 cm³/mol. The summed E-state index contributed by atoms with van der Waals surface area (Å²) >= 11 is 0. The highest BCUT2D eigenvalue weighted by atomic mass is 16.5. The standard InChI is InChI=1S/C23H34N2O5/c1-6-8-9-13-29-18-12-11-16(14-19(18)28-5)21-20(22(26)30-15(3)4)17(10-7-2)24-23(27)25-21/h11-12,14-15,21H,6-10,13H2,1-5H3,(H2,24,25,27). The fourth-order valence-electron chi connectivity index (χ4n) is 3.35. The van der Waals surface area contributed by atoms with E-state index in [2.05, 4.69) is 17.6 Å². The largest absolute Gasteiger partial charge is 0.493 e. The minimum atomic E-state index is -0.630. The van der Waals surface area contributed by atoms with Gasteiger partial charge in [0.2, 0.25) is 0 Å². The van der Waals surface area contributed by atoms with Gasteiger partial charge in [0.25, 0.3) is 0 Å². The van der Waals surface area contributed by atoms with E-state index in [9.17, 15) is 9.59 Å². The van der Waals surface area contributed by atoms with Crippen LogP contribution < -0.4 is 20.1 Å². The Balaban J connectivity index is 2.38. The monoisotopic (exact) mass is 418 g/mol. The fourth-order valence-corrected chi connectivity index (χ4v) is 3.35. The lowest BCUT2D eigenvalue weighted by Gasteiger charge is -2.30. The van der Waals surface area contributed by atoms with Crippen molar-refractivity contribution in [2.45, 2.75) is 71.9 Å². The molecule has 0 saturated carbocycles. The van der Waals surface area contributed by atoms with Gasteiger partial charge in [0.1, 0.15) is 0 Å². The summed E-state index contributed by atoms with van der Waals surface area (Å²) in [6.45, 7) is 8.35. The van der Waals surface area contributed by atoms with Crippen LogP contribution in [0.25, 0.3) is 0 Å². The highest BCUT2D eigenvalue weighted by molar-refractivity contribution is 5.95. The molecule has 0 aliphatic carbocycles. The van der Waals surface area contributed by atoms with Crippen LogP contribution >= 0.6 is 0 Å². The first-order valence-electron chi connectivity index (χ1n) is 10.7. The Bertz CT molecular complexity index is 773. The molecule has 0 fully saturated rings. The van der Waals surface area contributed by atoms with Crippen LogP contribution in [0, 0.1) is 0 Å². The minimum absolute atomic E-state index is 0.264. The topological polar surface area (TPSA) is 85.9 Å². The second-order valence-electron chi connectivity index (χ2n) is 7.59. The zero-order valence-electron chi connectivity index (χ0n) is 18.7. The Morgan fingerprint density at radius 2 is 1.90 bits per heavy atom. The molecule has 1 aliphatic heterocycles. The number of hydrogen-bond donors (Lipinski definition) is 2. The molecule has 2 rings (SSSR count). The molecule has 7 heteroatoms. The number of ether oxygens (including phenoxy) is 3. The summed E-state index contributed by atoms with van der Waals surface area (Å²) in [7, 11) is 1.57. The summed E-state index contributed by atoms with van der Waals surface area (Å²) in [5.74, 6) is 0.761. The van der Waals surface area contributed by atoms with Crippen LogP contribution in [0.3, 0.4) is 0 Å². The van der Waals surface area contributed by atoms with Crippen molar-refractivity contribution in [3.05, 3.63) is 35.0 Å². The lowest BCUT2D eigenvalue weighted by molar-refractivity contribution is -0.143. The van der Waals surface area contributed by atoms with Gasteiger partial charge in [0, 0.05) is 5.70 Å². The molecule has 30 heavy (non-hydrogen) atoms. The summed E-state index contributed by atoms with van der Waals surface area (Å²) in [4.78, 5) is 25.2. The van der Waals surface area contributed by atoms with Crippen molar-refractivity contribution in [3.8, 4) is 11.5 Å². The normalized spacial score (nSPS) is 16.2. The zero-order chi connectivity index (χ0) is 22.1. The number of hydrogen-bond acceptors (Lipinski definition) is 5. The van der Waals surface area contributed by atoms with Gasteiger partial charge < -0.3 is 24.8 Å². The average Bonchev–Trinajstić information content (AvgIpc) is 2.70. The summed E-state index contributed by atoms with van der Waals surface area (Å²) in [5.41, 5.74) is 1.74. The van der Waals surface area contributed by atoms with E-state index in [0.29, 0.717) is 35.8 Å². The molecule has 0 saturated heterocycles. The molecule has 0 radical (unpaired) electrons. The van der Waals surface area contributed by atoms with Crippen molar-refractivity contribution < 1.29 is 23.8 Å². The molecule has 1 atom stereocenters. The number of carbonyl (C=O) groups excluding carboxylic acids is 2. The number of amides is 2. The van der Waals surface area contributed by atoms with Crippen LogP contribution in [0.5, 0.6) is 11.5 Å². The summed E-state index contributed by atoms with van der Waals surface area (Å²) in [5, 5.41) is 5.62. The van der Waals surface area contributed by atoms with Crippen LogP contribution in [0.1, 0.15) is 71.4 Å². The number of nitrogens with one attached hydrogen (secondary N) is 2. The molecule has 1 unspecified atom stereocenters. The van der Waals surface area contributed by atoms with E-state index in [-0.39, 0.29) is 12.1 Å². The molecule has 0 aromatic heterocycles. The average molecular weight is 419 g/mol. The highest BCUT2D eigenvalue weighted by Gasteiger charge is 2.34. The molecule has 1 aromatic carbocycles. The van der Waals surface area contributed by atoms with E-state index in [4.69, 9.17) is 14.2 Å². The number of rotatable bonds is 11. The second-order valence-corrected chi connectivity index (χ2v) is 7.59. The van der Waals surface area contributed by atoms with Crippen molar-refractivity contribution in [1.29, 1.82) is 0 Å². The van der Waals surface area contributed by atoms with Crippen LogP contribution in [0.2, 0.25) is 0 Å². The Morgan fingerprint density at radius 3 is 2.53 bits per heavy atom. The lowest BCUT2D eigenvalue weighted by atomic mass is 9.93. The third-order valence-corrected chi connectivity index (χ3v) is 4.74. The lowest BCUT2D eigenvalue weighted by Crippen LogP contribution is -2.46. The maximum Gasteiger partial charge on any atom is 0.338 e.